The first-order valence-electron chi connectivity index (χ1n) is 10.9. The summed E-state index contributed by atoms with van der Waals surface area (Å²) in [5.41, 5.74) is 2.72. The van der Waals surface area contributed by atoms with Gasteiger partial charge in [0.2, 0.25) is 10.0 Å². The number of rotatable bonds is 8. The summed E-state index contributed by atoms with van der Waals surface area (Å²) in [6.07, 6.45) is 0. The quantitative estimate of drug-likeness (QED) is 0.362. The predicted molar refractivity (Wildman–Crippen MR) is 133 cm³/mol. The summed E-state index contributed by atoms with van der Waals surface area (Å²) in [6.45, 7) is 2.36. The van der Waals surface area contributed by atoms with Gasteiger partial charge in [-0.15, -0.1) is 0 Å². The van der Waals surface area contributed by atoms with Gasteiger partial charge in [0, 0.05) is 34.0 Å². The Morgan fingerprint density at radius 2 is 1.71 bits per heavy atom. The predicted octanol–water partition coefficient (Wildman–Crippen LogP) is 3.53. The van der Waals surface area contributed by atoms with Crippen LogP contribution in [0.4, 0.5) is 5.69 Å². The molecule has 1 heterocycles. The van der Waals surface area contributed by atoms with Crippen molar-refractivity contribution < 1.29 is 27.5 Å². The van der Waals surface area contributed by atoms with Crippen molar-refractivity contribution >= 4 is 49.4 Å². The van der Waals surface area contributed by atoms with Crippen LogP contribution in [0.25, 0.3) is 21.8 Å². The SMILES string of the molecule is CCn1c2ccccc2c2cc(NC(=O)COC(=O)c3ccc(OC)c(S(=O)(=O)NC)c3)ccc21. The number of nitrogens with zero attached hydrogens (tertiary/aromatic N) is 1. The molecule has 9 nitrogen and oxygen atoms in total. The van der Waals surface area contributed by atoms with Gasteiger partial charge < -0.3 is 19.4 Å². The van der Waals surface area contributed by atoms with E-state index in [2.05, 4.69) is 27.6 Å². The lowest BCUT2D eigenvalue weighted by Gasteiger charge is -2.11. The fourth-order valence-electron chi connectivity index (χ4n) is 4.01. The Morgan fingerprint density at radius 1 is 0.971 bits per heavy atom. The number of anilines is 1. The largest absolute Gasteiger partial charge is 0.495 e. The molecular weight excluding hydrogens is 470 g/mol. The molecule has 182 valence electrons. The van der Waals surface area contributed by atoms with E-state index in [1.54, 1.807) is 6.07 Å². The molecule has 0 unspecified atom stereocenters. The number of nitrogens with one attached hydrogen (secondary N) is 2. The second-order valence-electron chi connectivity index (χ2n) is 7.69. The average molecular weight is 496 g/mol. The molecule has 0 atom stereocenters. The highest BCUT2D eigenvalue weighted by Gasteiger charge is 2.21. The topological polar surface area (TPSA) is 116 Å². The molecule has 10 heteroatoms. The molecule has 1 amide bonds. The van der Waals surface area contributed by atoms with E-state index < -0.39 is 28.5 Å². The van der Waals surface area contributed by atoms with Crippen molar-refractivity contribution in [2.75, 3.05) is 26.1 Å². The number of methoxy groups -OCH3 is 1. The second kappa shape index (κ2) is 9.77. The van der Waals surface area contributed by atoms with Gasteiger partial charge in [0.15, 0.2) is 6.61 Å². The molecule has 3 aromatic carbocycles. The van der Waals surface area contributed by atoms with Crippen LogP contribution in [0.1, 0.15) is 17.3 Å². The van der Waals surface area contributed by atoms with Crippen molar-refractivity contribution in [1.82, 2.24) is 9.29 Å². The zero-order chi connectivity index (χ0) is 25.2. The highest BCUT2D eigenvalue weighted by molar-refractivity contribution is 7.89. The monoisotopic (exact) mass is 495 g/mol. The van der Waals surface area contributed by atoms with Crippen LogP contribution in [0.5, 0.6) is 5.75 Å². The van der Waals surface area contributed by atoms with Crippen LogP contribution in [-0.4, -0.2) is 45.6 Å². The van der Waals surface area contributed by atoms with Gasteiger partial charge in [0.25, 0.3) is 5.91 Å². The van der Waals surface area contributed by atoms with Gasteiger partial charge in [-0.3, -0.25) is 4.79 Å². The number of hydrogen-bond donors (Lipinski definition) is 2. The third-order valence-corrected chi connectivity index (χ3v) is 7.10. The number of carbonyl (C=O) groups is 2. The third kappa shape index (κ3) is 4.71. The van der Waals surface area contributed by atoms with Gasteiger partial charge in [0.1, 0.15) is 10.6 Å². The summed E-state index contributed by atoms with van der Waals surface area (Å²) in [5.74, 6) is -1.28. The fourth-order valence-corrected chi connectivity index (χ4v) is 4.93. The molecule has 0 aliphatic carbocycles. The first kappa shape index (κ1) is 24.2. The smallest absolute Gasteiger partial charge is 0.338 e. The number of carbonyl (C=O) groups excluding carboxylic acids is 2. The molecule has 0 aliphatic heterocycles. The van der Waals surface area contributed by atoms with E-state index in [0.717, 1.165) is 34.4 Å². The number of hydrogen-bond acceptors (Lipinski definition) is 6. The van der Waals surface area contributed by atoms with E-state index in [4.69, 9.17) is 9.47 Å². The first-order chi connectivity index (χ1) is 16.8. The number of para-hydroxylation sites is 1. The van der Waals surface area contributed by atoms with Crippen molar-refractivity contribution in [2.45, 2.75) is 18.4 Å². The lowest BCUT2D eigenvalue weighted by molar-refractivity contribution is -0.119. The molecule has 0 bridgehead atoms. The minimum atomic E-state index is -3.87. The number of aromatic nitrogens is 1. The summed E-state index contributed by atoms with van der Waals surface area (Å²) in [4.78, 5) is 24.7. The van der Waals surface area contributed by atoms with E-state index >= 15 is 0 Å². The molecule has 0 aliphatic rings. The Hall–Kier alpha value is -3.89. The molecule has 4 rings (SSSR count). The minimum Gasteiger partial charge on any atom is -0.495 e. The van der Waals surface area contributed by atoms with E-state index in [0.29, 0.717) is 5.69 Å². The van der Waals surface area contributed by atoms with Crippen LogP contribution >= 0.6 is 0 Å². The van der Waals surface area contributed by atoms with Gasteiger partial charge in [-0.1, -0.05) is 18.2 Å². The van der Waals surface area contributed by atoms with Crippen molar-refractivity contribution in [3.8, 4) is 5.75 Å². The van der Waals surface area contributed by atoms with Gasteiger partial charge in [-0.05, 0) is 56.4 Å². The van der Waals surface area contributed by atoms with E-state index in [1.807, 2.05) is 30.3 Å². The number of sulfonamides is 1. The van der Waals surface area contributed by atoms with Gasteiger partial charge in [0.05, 0.1) is 12.7 Å². The number of benzene rings is 3. The lowest BCUT2D eigenvalue weighted by Crippen LogP contribution is -2.22. The number of amides is 1. The summed E-state index contributed by atoms with van der Waals surface area (Å²) in [7, 11) is -1.29. The van der Waals surface area contributed by atoms with E-state index in [-0.39, 0.29) is 16.2 Å². The Labute approximate surface area is 202 Å². The molecule has 0 fully saturated rings. The van der Waals surface area contributed by atoms with Crippen LogP contribution in [0.3, 0.4) is 0 Å². The van der Waals surface area contributed by atoms with Crippen LogP contribution in [0.15, 0.2) is 65.6 Å². The molecule has 0 saturated heterocycles. The number of esters is 1. The van der Waals surface area contributed by atoms with Crippen LogP contribution in [0.2, 0.25) is 0 Å². The van der Waals surface area contributed by atoms with Crippen molar-refractivity contribution in [1.29, 1.82) is 0 Å². The molecule has 1 aromatic heterocycles. The summed E-state index contributed by atoms with van der Waals surface area (Å²) in [5, 5.41) is 4.83. The minimum absolute atomic E-state index is 0.0266. The summed E-state index contributed by atoms with van der Waals surface area (Å²) in [6, 6.07) is 17.5. The third-order valence-electron chi connectivity index (χ3n) is 5.66. The summed E-state index contributed by atoms with van der Waals surface area (Å²) < 4.78 is 39.0. The van der Waals surface area contributed by atoms with Crippen LogP contribution < -0.4 is 14.8 Å². The van der Waals surface area contributed by atoms with Gasteiger partial charge >= 0.3 is 5.97 Å². The zero-order valence-corrected chi connectivity index (χ0v) is 20.3. The van der Waals surface area contributed by atoms with Crippen LogP contribution in [-0.2, 0) is 26.1 Å². The maximum Gasteiger partial charge on any atom is 0.338 e. The lowest BCUT2D eigenvalue weighted by atomic mass is 10.1. The maximum absolute atomic E-state index is 12.5. The van der Waals surface area contributed by atoms with Crippen LogP contribution in [0, 0.1) is 0 Å². The maximum atomic E-state index is 12.5. The highest BCUT2D eigenvalue weighted by Crippen LogP contribution is 2.31. The van der Waals surface area contributed by atoms with Gasteiger partial charge in [-0.25, -0.2) is 17.9 Å². The average Bonchev–Trinajstić information content (AvgIpc) is 3.19. The van der Waals surface area contributed by atoms with Crippen molar-refractivity contribution in [3.05, 3.63) is 66.2 Å². The number of aryl methyl sites for hydroxylation is 1. The summed E-state index contributed by atoms with van der Waals surface area (Å²) >= 11 is 0. The molecule has 0 saturated carbocycles. The molecule has 0 radical (unpaired) electrons. The molecule has 2 N–H and O–H groups in total. The van der Waals surface area contributed by atoms with E-state index in [9.17, 15) is 18.0 Å². The number of fused-ring (bicyclic) bond motifs is 3. The normalized spacial score (nSPS) is 11.5. The Balaban J connectivity index is 1.48. The van der Waals surface area contributed by atoms with Crippen molar-refractivity contribution in [2.24, 2.45) is 0 Å². The molecule has 35 heavy (non-hydrogen) atoms. The molecule has 0 spiro atoms. The molecular formula is C25H25N3O6S. The Kier molecular flexibility index (Phi) is 6.77. The van der Waals surface area contributed by atoms with Gasteiger partial charge in [-0.2, -0.15) is 0 Å². The first-order valence-corrected chi connectivity index (χ1v) is 12.4. The zero-order valence-electron chi connectivity index (χ0n) is 19.5. The fraction of sp³-hybridized carbons (Fsp3) is 0.200. The highest BCUT2D eigenvalue weighted by atomic mass is 32.2. The standard InChI is InChI=1S/C25H25N3O6S/c1-4-28-20-8-6-5-7-18(20)19-14-17(10-11-21(19)28)27-24(29)15-34-25(30)16-9-12-22(33-3)23(13-16)35(31,32)26-2/h5-14,26H,4,15H2,1-3H3,(H,27,29). The number of ether oxygens (including phenoxy) is 2. The van der Waals surface area contributed by atoms with E-state index in [1.165, 1.54) is 26.3 Å². The molecule has 4 aromatic rings. The Morgan fingerprint density at radius 3 is 2.43 bits per heavy atom. The Bertz CT molecular complexity index is 1540. The van der Waals surface area contributed by atoms with Crippen molar-refractivity contribution in [3.63, 3.8) is 0 Å². The second-order valence-corrected chi connectivity index (χ2v) is 9.55.